The number of hydrogen-bond acceptors (Lipinski definition) is 2. The summed E-state index contributed by atoms with van der Waals surface area (Å²) in [4.78, 5) is 7.79. The number of H-pyrrole nitrogens is 1. The number of para-hydroxylation sites is 1. The van der Waals surface area contributed by atoms with Gasteiger partial charge in [-0.05, 0) is 13.0 Å². The Hall–Kier alpha value is -2.07. The first-order valence-corrected chi connectivity index (χ1v) is 6.00. The zero-order valence-electron chi connectivity index (χ0n) is 10.6. The van der Waals surface area contributed by atoms with Crippen molar-refractivity contribution in [3.63, 3.8) is 0 Å². The number of nitrogens with zero attached hydrogens (tertiary/aromatic N) is 2. The van der Waals surface area contributed by atoms with Crippen LogP contribution in [0, 0.1) is 6.92 Å². The van der Waals surface area contributed by atoms with Crippen molar-refractivity contribution < 1.29 is 0 Å². The summed E-state index contributed by atoms with van der Waals surface area (Å²) in [6, 6.07) is 8.33. The number of imidazole rings is 1. The van der Waals surface area contributed by atoms with E-state index < -0.39 is 0 Å². The number of aryl methyl sites for hydroxylation is 2. The van der Waals surface area contributed by atoms with Gasteiger partial charge in [-0.2, -0.15) is 0 Å². The molecule has 18 heavy (non-hydrogen) atoms. The van der Waals surface area contributed by atoms with Gasteiger partial charge in [0.1, 0.15) is 5.82 Å². The Morgan fingerprint density at radius 3 is 2.89 bits per heavy atom. The van der Waals surface area contributed by atoms with E-state index in [1.54, 1.807) is 0 Å². The third-order valence-corrected chi connectivity index (χ3v) is 3.25. The van der Waals surface area contributed by atoms with Crippen LogP contribution in [0.1, 0.15) is 11.5 Å². The number of fused-ring (bicyclic) bond motifs is 1. The molecule has 0 aliphatic rings. The minimum absolute atomic E-state index is 0.472. The third-order valence-electron chi connectivity index (χ3n) is 3.25. The van der Waals surface area contributed by atoms with E-state index in [2.05, 4.69) is 32.9 Å². The maximum atomic E-state index is 5.77. The van der Waals surface area contributed by atoms with Gasteiger partial charge < -0.3 is 15.3 Å². The number of rotatable bonds is 2. The number of aromatic amines is 1. The Labute approximate surface area is 105 Å². The van der Waals surface area contributed by atoms with E-state index in [1.807, 2.05) is 26.1 Å². The first-order valence-electron chi connectivity index (χ1n) is 6.00. The van der Waals surface area contributed by atoms with Crippen molar-refractivity contribution in [3.8, 4) is 11.3 Å². The molecule has 3 rings (SSSR count). The van der Waals surface area contributed by atoms with Crippen molar-refractivity contribution in [2.75, 3.05) is 0 Å². The molecule has 0 spiro atoms. The Kier molecular flexibility index (Phi) is 2.45. The first-order chi connectivity index (χ1) is 8.70. The SMILES string of the molecule is Cc1nc(-c2cn(C)c3ccccc23)c(CN)[nH]1. The highest BCUT2D eigenvalue weighted by molar-refractivity contribution is 5.95. The average molecular weight is 240 g/mol. The van der Waals surface area contributed by atoms with E-state index in [0.717, 1.165) is 22.8 Å². The predicted octanol–water partition coefficient (Wildman–Crippen LogP) is 2.34. The second kappa shape index (κ2) is 3.99. The van der Waals surface area contributed by atoms with Crippen molar-refractivity contribution in [3.05, 3.63) is 42.0 Å². The van der Waals surface area contributed by atoms with Crippen molar-refractivity contribution in [2.45, 2.75) is 13.5 Å². The summed E-state index contributed by atoms with van der Waals surface area (Å²) >= 11 is 0. The topological polar surface area (TPSA) is 59.6 Å². The highest BCUT2D eigenvalue weighted by Gasteiger charge is 2.14. The lowest BCUT2D eigenvalue weighted by atomic mass is 10.1. The molecule has 2 aromatic heterocycles. The largest absolute Gasteiger partial charge is 0.350 e. The Balaban J connectivity index is 2.31. The number of benzene rings is 1. The van der Waals surface area contributed by atoms with Crippen LogP contribution in [0.2, 0.25) is 0 Å². The molecule has 1 aromatic carbocycles. The molecule has 4 nitrogen and oxygen atoms in total. The number of aromatic nitrogens is 3. The average Bonchev–Trinajstić information content (AvgIpc) is 2.91. The second-order valence-corrected chi connectivity index (χ2v) is 4.52. The normalized spacial score (nSPS) is 11.3. The van der Waals surface area contributed by atoms with Crippen LogP contribution >= 0.6 is 0 Å². The highest BCUT2D eigenvalue weighted by atomic mass is 15.0. The van der Waals surface area contributed by atoms with Gasteiger partial charge in [-0.15, -0.1) is 0 Å². The summed E-state index contributed by atoms with van der Waals surface area (Å²) in [5.41, 5.74) is 10.1. The molecule has 3 aromatic rings. The molecule has 0 fully saturated rings. The van der Waals surface area contributed by atoms with Crippen molar-refractivity contribution in [1.29, 1.82) is 0 Å². The molecule has 0 aliphatic carbocycles. The lowest BCUT2D eigenvalue weighted by Crippen LogP contribution is -1.98. The van der Waals surface area contributed by atoms with Gasteiger partial charge in [0, 0.05) is 36.3 Å². The molecule has 0 amide bonds. The Bertz CT molecular complexity index is 706. The van der Waals surface area contributed by atoms with Gasteiger partial charge >= 0.3 is 0 Å². The Morgan fingerprint density at radius 2 is 2.11 bits per heavy atom. The fraction of sp³-hybridized carbons (Fsp3) is 0.214. The fourth-order valence-electron chi connectivity index (χ4n) is 2.44. The van der Waals surface area contributed by atoms with E-state index in [4.69, 9.17) is 5.73 Å². The molecular formula is C14H16N4. The zero-order chi connectivity index (χ0) is 12.7. The van der Waals surface area contributed by atoms with Gasteiger partial charge in [0.2, 0.25) is 0 Å². The van der Waals surface area contributed by atoms with Gasteiger partial charge in [0.05, 0.1) is 11.4 Å². The van der Waals surface area contributed by atoms with Gasteiger partial charge in [-0.1, -0.05) is 18.2 Å². The summed E-state index contributed by atoms with van der Waals surface area (Å²) in [5.74, 6) is 0.901. The lowest BCUT2D eigenvalue weighted by Gasteiger charge is -1.98. The Morgan fingerprint density at radius 1 is 1.33 bits per heavy atom. The minimum Gasteiger partial charge on any atom is -0.350 e. The van der Waals surface area contributed by atoms with Gasteiger partial charge in [-0.3, -0.25) is 0 Å². The van der Waals surface area contributed by atoms with Crippen molar-refractivity contribution in [2.24, 2.45) is 12.8 Å². The lowest BCUT2D eigenvalue weighted by molar-refractivity contribution is 0.968. The smallest absolute Gasteiger partial charge is 0.103 e. The molecule has 0 atom stereocenters. The zero-order valence-corrected chi connectivity index (χ0v) is 10.6. The predicted molar refractivity (Wildman–Crippen MR) is 73.1 cm³/mol. The van der Waals surface area contributed by atoms with Crippen LogP contribution in [-0.2, 0) is 13.6 Å². The summed E-state index contributed by atoms with van der Waals surface area (Å²) in [6.45, 7) is 2.42. The van der Waals surface area contributed by atoms with E-state index >= 15 is 0 Å². The quantitative estimate of drug-likeness (QED) is 0.722. The van der Waals surface area contributed by atoms with Crippen molar-refractivity contribution in [1.82, 2.24) is 14.5 Å². The molecule has 0 saturated heterocycles. The fourth-order valence-corrected chi connectivity index (χ4v) is 2.44. The molecule has 0 radical (unpaired) electrons. The number of nitrogens with one attached hydrogen (secondary N) is 1. The molecular weight excluding hydrogens is 224 g/mol. The molecule has 4 heteroatoms. The van der Waals surface area contributed by atoms with Crippen LogP contribution in [0.5, 0.6) is 0 Å². The second-order valence-electron chi connectivity index (χ2n) is 4.52. The maximum Gasteiger partial charge on any atom is 0.103 e. The number of hydrogen-bond donors (Lipinski definition) is 2. The van der Waals surface area contributed by atoms with Gasteiger partial charge in [-0.25, -0.2) is 4.98 Å². The van der Waals surface area contributed by atoms with Crippen molar-refractivity contribution >= 4 is 10.9 Å². The summed E-state index contributed by atoms with van der Waals surface area (Å²) < 4.78 is 2.12. The highest BCUT2D eigenvalue weighted by Crippen LogP contribution is 2.30. The number of nitrogens with two attached hydrogens (primary N) is 1. The maximum absolute atomic E-state index is 5.77. The summed E-state index contributed by atoms with van der Waals surface area (Å²) in [7, 11) is 2.05. The van der Waals surface area contributed by atoms with Gasteiger partial charge in [0.25, 0.3) is 0 Å². The van der Waals surface area contributed by atoms with Crippen LogP contribution < -0.4 is 5.73 Å². The molecule has 0 unspecified atom stereocenters. The summed E-state index contributed by atoms with van der Waals surface area (Å²) in [5, 5.41) is 1.21. The summed E-state index contributed by atoms with van der Waals surface area (Å²) in [6.07, 6.45) is 2.11. The monoisotopic (exact) mass is 240 g/mol. The van der Waals surface area contributed by atoms with Gasteiger partial charge in [0.15, 0.2) is 0 Å². The van der Waals surface area contributed by atoms with E-state index in [0.29, 0.717) is 6.54 Å². The molecule has 3 N–H and O–H groups in total. The molecule has 92 valence electrons. The molecule has 2 heterocycles. The molecule has 0 saturated carbocycles. The van der Waals surface area contributed by atoms with E-state index in [-0.39, 0.29) is 0 Å². The van der Waals surface area contributed by atoms with Crippen LogP contribution in [-0.4, -0.2) is 14.5 Å². The third kappa shape index (κ3) is 1.54. The minimum atomic E-state index is 0.472. The van der Waals surface area contributed by atoms with Crippen LogP contribution in [0.4, 0.5) is 0 Å². The van der Waals surface area contributed by atoms with E-state index in [1.165, 1.54) is 10.9 Å². The van der Waals surface area contributed by atoms with Crippen LogP contribution in [0.15, 0.2) is 30.5 Å². The van der Waals surface area contributed by atoms with Crippen LogP contribution in [0.3, 0.4) is 0 Å². The van der Waals surface area contributed by atoms with Crippen LogP contribution in [0.25, 0.3) is 22.2 Å². The van der Waals surface area contributed by atoms with E-state index in [9.17, 15) is 0 Å². The first kappa shape index (κ1) is 11.0. The molecule has 0 aliphatic heterocycles. The molecule has 0 bridgehead atoms. The standard InChI is InChI=1S/C14H16N4/c1-9-16-12(7-15)14(17-9)11-8-18(2)13-6-4-3-5-10(11)13/h3-6,8H,7,15H2,1-2H3,(H,16,17).